The molecule has 31 heavy (non-hydrogen) atoms. The average molecular weight is 446 g/mol. The highest BCUT2D eigenvalue weighted by Crippen LogP contribution is 2.32. The lowest BCUT2D eigenvalue weighted by molar-refractivity contribution is 0.200. The van der Waals surface area contributed by atoms with Gasteiger partial charge in [-0.1, -0.05) is 11.8 Å². The van der Waals surface area contributed by atoms with Crippen LogP contribution in [-0.4, -0.2) is 39.5 Å². The van der Waals surface area contributed by atoms with Crippen LogP contribution >= 0.6 is 11.8 Å². The fourth-order valence-corrected chi connectivity index (χ4v) is 3.44. The van der Waals surface area contributed by atoms with Crippen molar-refractivity contribution in [1.82, 2.24) is 20.3 Å². The fourth-order valence-electron chi connectivity index (χ4n) is 3.11. The number of alkyl halides is 1. The summed E-state index contributed by atoms with van der Waals surface area (Å²) >= 11 is 1.44. The summed E-state index contributed by atoms with van der Waals surface area (Å²) in [5, 5.41) is 6.46. The Kier molecular flexibility index (Phi) is 6.74. The minimum absolute atomic E-state index is 0.0334. The van der Waals surface area contributed by atoms with Gasteiger partial charge in [-0.3, -0.25) is 0 Å². The monoisotopic (exact) mass is 445 g/mol. The van der Waals surface area contributed by atoms with E-state index in [1.54, 1.807) is 19.2 Å². The van der Waals surface area contributed by atoms with E-state index in [2.05, 4.69) is 25.6 Å². The number of thioether (sulfide) groups is 1. The summed E-state index contributed by atoms with van der Waals surface area (Å²) in [4.78, 5) is 25.4. The fraction of sp³-hybridized carbons (Fsp3) is 0.364. The van der Waals surface area contributed by atoms with Crippen molar-refractivity contribution in [2.45, 2.75) is 44.9 Å². The van der Waals surface area contributed by atoms with Gasteiger partial charge in [-0.05, 0) is 69.7 Å². The standard InChI is InChI=1S/C22H25F2N5OS/c1-12-8-17(23)18(28-20(30)25-7-6-22(3,4)24)10-15(12)16-9-14-11-26-21(31-5)29-19(14)27-13(16)2/h8-11H,6-7H2,1-5H3,(H2,25,28,30). The van der Waals surface area contributed by atoms with Gasteiger partial charge in [0.2, 0.25) is 0 Å². The van der Waals surface area contributed by atoms with Crippen molar-refractivity contribution < 1.29 is 13.6 Å². The Hall–Kier alpha value is -2.81. The van der Waals surface area contributed by atoms with Gasteiger partial charge in [0.1, 0.15) is 11.5 Å². The van der Waals surface area contributed by atoms with Gasteiger partial charge in [0.15, 0.2) is 10.8 Å². The van der Waals surface area contributed by atoms with E-state index in [4.69, 9.17) is 0 Å². The highest BCUT2D eigenvalue weighted by Gasteiger charge is 2.17. The Morgan fingerprint density at radius 3 is 2.58 bits per heavy atom. The summed E-state index contributed by atoms with van der Waals surface area (Å²) in [7, 11) is 0. The van der Waals surface area contributed by atoms with E-state index in [1.807, 2.05) is 19.2 Å². The largest absolute Gasteiger partial charge is 0.338 e. The lowest BCUT2D eigenvalue weighted by Gasteiger charge is -2.16. The number of halogens is 2. The number of fused-ring (bicyclic) bond motifs is 1. The van der Waals surface area contributed by atoms with Gasteiger partial charge in [0.25, 0.3) is 0 Å². The Morgan fingerprint density at radius 2 is 1.90 bits per heavy atom. The Bertz CT molecular complexity index is 1130. The maximum atomic E-state index is 14.5. The predicted octanol–water partition coefficient (Wildman–Crippen LogP) is 5.43. The van der Waals surface area contributed by atoms with Crippen molar-refractivity contribution >= 4 is 34.5 Å². The number of aromatic nitrogens is 3. The summed E-state index contributed by atoms with van der Waals surface area (Å²) in [6.45, 7) is 6.66. The van der Waals surface area contributed by atoms with Crippen LogP contribution in [0, 0.1) is 19.7 Å². The number of benzene rings is 1. The molecule has 0 bridgehead atoms. The van der Waals surface area contributed by atoms with Crippen LogP contribution in [0.5, 0.6) is 0 Å². The number of nitrogens with zero attached hydrogens (tertiary/aromatic N) is 3. The van der Waals surface area contributed by atoms with Gasteiger partial charge in [-0.2, -0.15) is 0 Å². The molecule has 1 aromatic carbocycles. The lowest BCUT2D eigenvalue weighted by atomic mass is 9.97. The van der Waals surface area contributed by atoms with E-state index in [0.717, 1.165) is 22.2 Å². The van der Waals surface area contributed by atoms with Crippen LogP contribution < -0.4 is 10.6 Å². The SMILES string of the molecule is CSc1ncc2cc(-c3cc(NC(=O)NCCC(C)(C)F)c(F)cc3C)c(C)nc2n1. The van der Waals surface area contributed by atoms with Gasteiger partial charge in [-0.25, -0.2) is 28.5 Å². The highest BCUT2D eigenvalue weighted by molar-refractivity contribution is 7.98. The first-order valence-electron chi connectivity index (χ1n) is 9.80. The molecular weight excluding hydrogens is 420 g/mol. The maximum absolute atomic E-state index is 14.5. The second kappa shape index (κ2) is 9.13. The summed E-state index contributed by atoms with van der Waals surface area (Å²) < 4.78 is 28.1. The maximum Gasteiger partial charge on any atom is 0.319 e. The minimum Gasteiger partial charge on any atom is -0.338 e. The van der Waals surface area contributed by atoms with Gasteiger partial charge >= 0.3 is 6.03 Å². The molecule has 0 saturated carbocycles. The van der Waals surface area contributed by atoms with Crippen molar-refractivity contribution in [3.63, 3.8) is 0 Å². The molecule has 2 aromatic heterocycles. The van der Waals surface area contributed by atoms with Crippen molar-refractivity contribution in [3.05, 3.63) is 41.5 Å². The zero-order valence-corrected chi connectivity index (χ0v) is 19.0. The lowest BCUT2D eigenvalue weighted by Crippen LogP contribution is -2.32. The van der Waals surface area contributed by atoms with Crippen LogP contribution in [0.25, 0.3) is 22.2 Å². The molecule has 0 spiro atoms. The molecule has 6 nitrogen and oxygen atoms in total. The second-order valence-electron chi connectivity index (χ2n) is 7.89. The third kappa shape index (κ3) is 5.66. The van der Waals surface area contributed by atoms with Gasteiger partial charge in [0.05, 0.1) is 5.69 Å². The van der Waals surface area contributed by atoms with Crippen LogP contribution in [0.1, 0.15) is 31.5 Å². The van der Waals surface area contributed by atoms with Crippen LogP contribution in [0.15, 0.2) is 29.6 Å². The molecule has 0 unspecified atom stereocenters. The molecular formula is C22H25F2N5OS. The van der Waals surface area contributed by atoms with Crippen LogP contribution in [0.4, 0.5) is 19.3 Å². The van der Waals surface area contributed by atoms with Crippen molar-refractivity contribution in [3.8, 4) is 11.1 Å². The zero-order chi connectivity index (χ0) is 22.8. The molecule has 0 atom stereocenters. The summed E-state index contributed by atoms with van der Waals surface area (Å²) in [6, 6.07) is 4.27. The molecule has 2 amide bonds. The molecule has 9 heteroatoms. The number of nitrogens with one attached hydrogen (secondary N) is 2. The number of hydrogen-bond donors (Lipinski definition) is 2. The number of amides is 2. The number of anilines is 1. The average Bonchev–Trinajstić information content (AvgIpc) is 2.68. The third-order valence-electron chi connectivity index (χ3n) is 4.78. The van der Waals surface area contributed by atoms with Crippen LogP contribution in [-0.2, 0) is 0 Å². The van der Waals surface area contributed by atoms with E-state index in [-0.39, 0.29) is 18.7 Å². The normalized spacial score (nSPS) is 11.6. The van der Waals surface area contributed by atoms with Crippen LogP contribution in [0.2, 0.25) is 0 Å². The molecule has 0 aliphatic carbocycles. The van der Waals surface area contributed by atoms with Gasteiger partial charge < -0.3 is 10.6 Å². The summed E-state index contributed by atoms with van der Waals surface area (Å²) in [5.74, 6) is -0.554. The van der Waals surface area contributed by atoms with Crippen molar-refractivity contribution in [1.29, 1.82) is 0 Å². The quantitative estimate of drug-likeness (QED) is 0.391. The van der Waals surface area contributed by atoms with E-state index in [9.17, 15) is 13.6 Å². The van der Waals surface area contributed by atoms with Gasteiger partial charge in [0, 0.05) is 29.4 Å². The smallest absolute Gasteiger partial charge is 0.319 e. The Balaban J connectivity index is 1.90. The Labute approximate surface area is 184 Å². The molecule has 0 aliphatic rings. The van der Waals surface area contributed by atoms with E-state index >= 15 is 0 Å². The first-order chi connectivity index (χ1) is 14.6. The summed E-state index contributed by atoms with van der Waals surface area (Å²) in [5.41, 5.74) is 2.20. The first kappa shape index (κ1) is 22.9. The molecule has 0 fully saturated rings. The number of urea groups is 1. The van der Waals surface area contributed by atoms with E-state index in [1.165, 1.54) is 31.7 Å². The molecule has 2 heterocycles. The second-order valence-corrected chi connectivity index (χ2v) is 8.66. The number of pyridine rings is 1. The predicted molar refractivity (Wildman–Crippen MR) is 121 cm³/mol. The van der Waals surface area contributed by atoms with Crippen molar-refractivity contribution in [2.24, 2.45) is 0 Å². The molecule has 0 aliphatic heterocycles. The molecule has 3 rings (SSSR count). The number of rotatable bonds is 6. The molecule has 164 valence electrons. The number of hydrogen-bond acceptors (Lipinski definition) is 5. The Morgan fingerprint density at radius 1 is 1.16 bits per heavy atom. The number of carbonyl (C=O) groups excluding carboxylic acids is 1. The molecule has 0 saturated heterocycles. The summed E-state index contributed by atoms with van der Waals surface area (Å²) in [6.07, 6.45) is 3.76. The third-order valence-corrected chi connectivity index (χ3v) is 5.34. The van der Waals surface area contributed by atoms with Crippen LogP contribution in [0.3, 0.4) is 0 Å². The molecule has 3 aromatic rings. The highest BCUT2D eigenvalue weighted by atomic mass is 32.2. The van der Waals surface area contributed by atoms with E-state index < -0.39 is 17.5 Å². The topological polar surface area (TPSA) is 79.8 Å². The number of carbonyl (C=O) groups is 1. The van der Waals surface area contributed by atoms with Crippen molar-refractivity contribution in [2.75, 3.05) is 18.1 Å². The van der Waals surface area contributed by atoms with E-state index in [0.29, 0.717) is 16.4 Å². The first-order valence-corrected chi connectivity index (χ1v) is 11.0. The van der Waals surface area contributed by atoms with Gasteiger partial charge in [-0.15, -0.1) is 0 Å². The minimum atomic E-state index is -1.39. The molecule has 2 N–H and O–H groups in total. The number of aryl methyl sites for hydroxylation is 2. The zero-order valence-electron chi connectivity index (χ0n) is 18.1. The molecule has 0 radical (unpaired) electrons.